The predicted octanol–water partition coefficient (Wildman–Crippen LogP) is 4.14. The summed E-state index contributed by atoms with van der Waals surface area (Å²) in [6, 6.07) is 10.1. The molecule has 4 rings (SSSR count). The van der Waals surface area contributed by atoms with Crippen LogP contribution in [-0.4, -0.2) is 38.0 Å². The molecule has 0 bridgehead atoms. The minimum absolute atomic E-state index is 0.182. The number of thiazole rings is 1. The standard InChI is InChI=1S/C28H27BrN2O6S/c1-6-12-37-20-11-9-8-10-17(20)13-23-26(32)31-25(18-14-21(34-4)22(35-5)15-19(18)29)24(27(33)36-7-2)16(3)30-28(31)38-23/h6,8-11,13-15,25H,1,7,12H2,2-5H3/b23-13+/t25-/m1/s1. The van der Waals surface area contributed by atoms with Crippen molar-refractivity contribution in [2.24, 2.45) is 4.99 Å². The highest BCUT2D eigenvalue weighted by Gasteiger charge is 2.35. The number of fused-ring (bicyclic) bond motifs is 1. The van der Waals surface area contributed by atoms with Gasteiger partial charge in [-0.1, -0.05) is 58.1 Å². The van der Waals surface area contributed by atoms with Gasteiger partial charge in [0.05, 0.1) is 42.7 Å². The maximum atomic E-state index is 13.9. The number of rotatable bonds is 9. The zero-order valence-corrected chi connectivity index (χ0v) is 23.9. The van der Waals surface area contributed by atoms with E-state index in [0.29, 0.717) is 48.9 Å². The normalized spacial score (nSPS) is 15.0. The van der Waals surface area contributed by atoms with Crippen molar-refractivity contribution in [3.8, 4) is 17.2 Å². The molecule has 0 saturated carbocycles. The number of ether oxygens (including phenoxy) is 4. The fourth-order valence-electron chi connectivity index (χ4n) is 4.19. The first-order chi connectivity index (χ1) is 18.3. The molecule has 198 valence electrons. The average Bonchev–Trinajstić information content (AvgIpc) is 3.21. The van der Waals surface area contributed by atoms with Gasteiger partial charge in [-0.05, 0) is 43.7 Å². The molecule has 0 N–H and O–H groups in total. The Morgan fingerprint density at radius 2 is 1.89 bits per heavy atom. The highest BCUT2D eigenvalue weighted by Crippen LogP contribution is 2.40. The topological polar surface area (TPSA) is 88.3 Å². The van der Waals surface area contributed by atoms with E-state index in [2.05, 4.69) is 27.5 Å². The van der Waals surface area contributed by atoms with E-state index < -0.39 is 12.0 Å². The number of hydrogen-bond donors (Lipinski definition) is 0. The van der Waals surface area contributed by atoms with Crippen LogP contribution in [0, 0.1) is 0 Å². The third kappa shape index (κ3) is 5.19. The smallest absolute Gasteiger partial charge is 0.338 e. The first-order valence-electron chi connectivity index (χ1n) is 11.8. The van der Waals surface area contributed by atoms with E-state index in [-0.39, 0.29) is 17.7 Å². The lowest BCUT2D eigenvalue weighted by Gasteiger charge is -2.26. The van der Waals surface area contributed by atoms with Crippen LogP contribution in [0.25, 0.3) is 6.08 Å². The van der Waals surface area contributed by atoms with Gasteiger partial charge < -0.3 is 18.9 Å². The molecule has 38 heavy (non-hydrogen) atoms. The van der Waals surface area contributed by atoms with Gasteiger partial charge in [-0.2, -0.15) is 0 Å². The Labute approximate surface area is 232 Å². The zero-order valence-electron chi connectivity index (χ0n) is 21.4. The lowest BCUT2D eigenvalue weighted by molar-refractivity contribution is -0.139. The van der Waals surface area contributed by atoms with Crippen LogP contribution in [0.15, 0.2) is 74.6 Å². The maximum absolute atomic E-state index is 13.9. The molecular weight excluding hydrogens is 572 g/mol. The number of carbonyl (C=O) groups is 1. The Bertz CT molecular complexity index is 1600. The molecule has 3 aromatic rings. The van der Waals surface area contributed by atoms with Crippen LogP contribution in [0.4, 0.5) is 0 Å². The first-order valence-corrected chi connectivity index (χ1v) is 13.4. The number of benzene rings is 2. The number of hydrogen-bond acceptors (Lipinski definition) is 8. The molecule has 10 heteroatoms. The second kappa shape index (κ2) is 11.8. The second-order valence-corrected chi connectivity index (χ2v) is 10.0. The third-order valence-corrected chi connectivity index (χ3v) is 7.55. The van der Waals surface area contributed by atoms with Crippen molar-refractivity contribution in [1.29, 1.82) is 0 Å². The van der Waals surface area contributed by atoms with E-state index in [1.165, 1.54) is 30.1 Å². The molecule has 2 aromatic carbocycles. The summed E-state index contributed by atoms with van der Waals surface area (Å²) in [7, 11) is 3.07. The fourth-order valence-corrected chi connectivity index (χ4v) is 5.76. The lowest BCUT2D eigenvalue weighted by Crippen LogP contribution is -2.40. The average molecular weight is 600 g/mol. The van der Waals surface area contributed by atoms with E-state index in [0.717, 1.165) is 5.56 Å². The highest BCUT2D eigenvalue weighted by molar-refractivity contribution is 9.10. The Morgan fingerprint density at radius 3 is 2.58 bits per heavy atom. The number of allylic oxidation sites excluding steroid dienone is 1. The molecule has 0 amide bonds. The molecule has 0 fully saturated rings. The molecule has 0 aliphatic carbocycles. The number of carbonyl (C=O) groups excluding carboxylic acids is 1. The van der Waals surface area contributed by atoms with Crippen molar-refractivity contribution in [1.82, 2.24) is 4.57 Å². The summed E-state index contributed by atoms with van der Waals surface area (Å²) < 4.78 is 24.7. The number of esters is 1. The lowest BCUT2D eigenvalue weighted by atomic mass is 9.95. The number of aromatic nitrogens is 1. The van der Waals surface area contributed by atoms with E-state index >= 15 is 0 Å². The summed E-state index contributed by atoms with van der Waals surface area (Å²) in [5.74, 6) is 1.04. The monoisotopic (exact) mass is 598 g/mol. The number of methoxy groups -OCH3 is 2. The summed E-state index contributed by atoms with van der Waals surface area (Å²) >= 11 is 4.84. The highest BCUT2D eigenvalue weighted by atomic mass is 79.9. The van der Waals surface area contributed by atoms with Crippen LogP contribution in [0.1, 0.15) is 31.0 Å². The SMILES string of the molecule is C=CCOc1ccccc1/C=c1/sc2n(c1=O)[C@H](c1cc(OC)c(OC)cc1Br)C(C(=O)OCC)=C(C)N=2. The van der Waals surface area contributed by atoms with Crippen LogP contribution >= 0.6 is 27.3 Å². The van der Waals surface area contributed by atoms with Crippen LogP contribution in [-0.2, 0) is 9.53 Å². The van der Waals surface area contributed by atoms with E-state index in [4.69, 9.17) is 18.9 Å². The van der Waals surface area contributed by atoms with Gasteiger partial charge in [-0.25, -0.2) is 9.79 Å². The third-order valence-electron chi connectivity index (χ3n) is 5.88. The van der Waals surface area contributed by atoms with Gasteiger partial charge >= 0.3 is 5.97 Å². The van der Waals surface area contributed by atoms with Crippen LogP contribution in [0.5, 0.6) is 17.2 Å². The first kappa shape index (κ1) is 27.4. The van der Waals surface area contributed by atoms with E-state index in [9.17, 15) is 9.59 Å². The minimum atomic E-state index is -0.811. The Kier molecular flexibility index (Phi) is 8.53. The van der Waals surface area contributed by atoms with Gasteiger partial charge in [-0.15, -0.1) is 0 Å². The Morgan fingerprint density at radius 1 is 1.18 bits per heavy atom. The molecule has 1 atom stereocenters. The molecule has 0 saturated heterocycles. The summed E-state index contributed by atoms with van der Waals surface area (Å²) in [4.78, 5) is 32.2. The maximum Gasteiger partial charge on any atom is 0.338 e. The van der Waals surface area contributed by atoms with Crippen molar-refractivity contribution < 1.29 is 23.7 Å². The number of nitrogens with zero attached hydrogens (tertiary/aromatic N) is 2. The van der Waals surface area contributed by atoms with E-state index in [1.807, 2.05) is 24.3 Å². The fraction of sp³-hybridized carbons (Fsp3) is 0.250. The van der Waals surface area contributed by atoms with Crippen molar-refractivity contribution in [2.45, 2.75) is 19.9 Å². The largest absolute Gasteiger partial charge is 0.493 e. The van der Waals surface area contributed by atoms with Crippen LogP contribution in [0.2, 0.25) is 0 Å². The molecule has 0 radical (unpaired) electrons. The molecule has 0 unspecified atom stereocenters. The van der Waals surface area contributed by atoms with Crippen molar-refractivity contribution in [2.75, 3.05) is 27.4 Å². The summed E-state index contributed by atoms with van der Waals surface area (Å²) in [5.41, 5.74) is 1.81. The quantitative estimate of drug-likeness (QED) is 0.272. The van der Waals surface area contributed by atoms with Crippen molar-refractivity contribution in [3.05, 3.63) is 95.6 Å². The molecule has 1 aliphatic rings. The molecule has 1 aromatic heterocycles. The van der Waals surface area contributed by atoms with E-state index in [1.54, 1.807) is 38.1 Å². The van der Waals surface area contributed by atoms with Gasteiger partial charge in [-0.3, -0.25) is 9.36 Å². The van der Waals surface area contributed by atoms with Crippen LogP contribution < -0.4 is 29.1 Å². The molecule has 1 aliphatic heterocycles. The summed E-state index contributed by atoms with van der Waals surface area (Å²) in [6.07, 6.45) is 3.43. The number of halogens is 1. The minimum Gasteiger partial charge on any atom is -0.493 e. The summed E-state index contributed by atoms with van der Waals surface area (Å²) in [6.45, 7) is 7.68. The zero-order chi connectivity index (χ0) is 27.4. The predicted molar refractivity (Wildman–Crippen MR) is 150 cm³/mol. The van der Waals surface area contributed by atoms with Gasteiger partial charge in [0.1, 0.15) is 12.4 Å². The van der Waals surface area contributed by atoms with Gasteiger partial charge in [0.2, 0.25) is 0 Å². The number of para-hydroxylation sites is 1. The van der Waals surface area contributed by atoms with Crippen molar-refractivity contribution >= 4 is 39.3 Å². The molecular formula is C28H27BrN2O6S. The van der Waals surface area contributed by atoms with Crippen LogP contribution in [0.3, 0.4) is 0 Å². The molecule has 2 heterocycles. The summed E-state index contributed by atoms with van der Waals surface area (Å²) in [5, 5.41) is 0. The molecule has 8 nitrogen and oxygen atoms in total. The molecule has 0 spiro atoms. The van der Waals surface area contributed by atoms with Gasteiger partial charge in [0.15, 0.2) is 16.3 Å². The second-order valence-electron chi connectivity index (χ2n) is 8.17. The van der Waals surface area contributed by atoms with Gasteiger partial charge in [0.25, 0.3) is 5.56 Å². The van der Waals surface area contributed by atoms with Crippen molar-refractivity contribution in [3.63, 3.8) is 0 Å². The van der Waals surface area contributed by atoms with Gasteiger partial charge in [0, 0.05) is 10.0 Å². The Hall–Kier alpha value is -3.63. The Balaban J connectivity index is 1.99.